The molecule has 0 radical (unpaired) electrons. The summed E-state index contributed by atoms with van der Waals surface area (Å²) in [5.74, 6) is -0.414. The van der Waals surface area contributed by atoms with Gasteiger partial charge in [0.1, 0.15) is 5.75 Å². The van der Waals surface area contributed by atoms with Crippen LogP contribution in [-0.4, -0.2) is 36.4 Å². The van der Waals surface area contributed by atoms with Gasteiger partial charge in [0.15, 0.2) is 5.79 Å². The molecule has 2 aromatic rings. The molecule has 2 aromatic carbocycles. The van der Waals surface area contributed by atoms with Gasteiger partial charge in [-0.05, 0) is 43.3 Å². The van der Waals surface area contributed by atoms with Gasteiger partial charge in [-0.1, -0.05) is 17.7 Å². The van der Waals surface area contributed by atoms with Gasteiger partial charge in [-0.15, -0.1) is 0 Å². The molecule has 0 spiro atoms. The topological polar surface area (TPSA) is 71.1 Å². The minimum atomic E-state index is -3.84. The number of aryl methyl sites for hydroxylation is 1. The van der Waals surface area contributed by atoms with Gasteiger partial charge in [0, 0.05) is 26.2 Å². The smallest absolute Gasteiger partial charge is 0.296 e. The number of hydrogen-bond donors (Lipinski definition) is 0. The molecular formula is C19H24O6S. The van der Waals surface area contributed by atoms with Crippen molar-refractivity contribution in [3.05, 3.63) is 59.7 Å². The zero-order chi connectivity index (χ0) is 19.2. The van der Waals surface area contributed by atoms with E-state index in [9.17, 15) is 8.42 Å². The summed E-state index contributed by atoms with van der Waals surface area (Å²) in [6.45, 7) is 1.79. The molecule has 0 aliphatic rings. The number of rotatable bonds is 9. The molecule has 0 bridgehead atoms. The molecule has 0 aromatic heterocycles. The Kier molecular flexibility index (Phi) is 6.77. The Balaban J connectivity index is 2.11. The van der Waals surface area contributed by atoms with E-state index in [0.29, 0.717) is 5.75 Å². The molecule has 142 valence electrons. The second-order valence-corrected chi connectivity index (χ2v) is 7.34. The van der Waals surface area contributed by atoms with Crippen molar-refractivity contribution in [3.8, 4) is 5.75 Å². The highest BCUT2D eigenvalue weighted by atomic mass is 32.2. The van der Waals surface area contributed by atoms with E-state index in [1.54, 1.807) is 43.5 Å². The van der Waals surface area contributed by atoms with Gasteiger partial charge in [-0.25, -0.2) is 0 Å². The molecule has 0 N–H and O–H groups in total. The van der Waals surface area contributed by atoms with E-state index in [1.807, 2.05) is 6.92 Å². The predicted molar refractivity (Wildman–Crippen MR) is 97.6 cm³/mol. The van der Waals surface area contributed by atoms with E-state index in [0.717, 1.165) is 11.1 Å². The van der Waals surface area contributed by atoms with Crippen molar-refractivity contribution in [1.82, 2.24) is 0 Å². The van der Waals surface area contributed by atoms with E-state index < -0.39 is 15.9 Å². The molecule has 0 atom stereocenters. The third kappa shape index (κ3) is 4.62. The lowest BCUT2D eigenvalue weighted by Gasteiger charge is -2.31. The average Bonchev–Trinajstić information content (AvgIpc) is 2.66. The molecule has 0 saturated heterocycles. The molecule has 2 rings (SSSR count). The maximum absolute atomic E-state index is 12.3. The Hall–Kier alpha value is -1.93. The zero-order valence-corrected chi connectivity index (χ0v) is 16.2. The fourth-order valence-corrected chi connectivity index (χ4v) is 3.48. The predicted octanol–water partition coefficient (Wildman–Crippen LogP) is 3.24. The van der Waals surface area contributed by atoms with Crippen molar-refractivity contribution >= 4 is 10.1 Å². The number of ether oxygens (including phenoxy) is 3. The summed E-state index contributed by atoms with van der Waals surface area (Å²) in [6.07, 6.45) is 0.192. The van der Waals surface area contributed by atoms with E-state index >= 15 is 0 Å². The van der Waals surface area contributed by atoms with Crippen LogP contribution < -0.4 is 4.74 Å². The molecule has 0 saturated carbocycles. The molecule has 0 unspecified atom stereocenters. The van der Waals surface area contributed by atoms with Gasteiger partial charge >= 0.3 is 0 Å². The summed E-state index contributed by atoms with van der Waals surface area (Å²) in [5, 5.41) is 0. The van der Waals surface area contributed by atoms with Crippen molar-refractivity contribution in [2.75, 3.05) is 27.9 Å². The minimum Gasteiger partial charge on any atom is -0.497 e. The second-order valence-electron chi connectivity index (χ2n) is 5.73. The van der Waals surface area contributed by atoms with E-state index in [-0.39, 0.29) is 17.9 Å². The van der Waals surface area contributed by atoms with Gasteiger partial charge in [0.25, 0.3) is 10.1 Å². The number of hydrogen-bond acceptors (Lipinski definition) is 6. The van der Waals surface area contributed by atoms with Crippen LogP contribution in [0, 0.1) is 6.92 Å². The van der Waals surface area contributed by atoms with Crippen molar-refractivity contribution in [3.63, 3.8) is 0 Å². The first-order chi connectivity index (χ1) is 12.4. The molecule has 6 nitrogen and oxygen atoms in total. The summed E-state index contributed by atoms with van der Waals surface area (Å²) in [7, 11) is 0.747. The first kappa shape index (κ1) is 20.4. The largest absolute Gasteiger partial charge is 0.497 e. The van der Waals surface area contributed by atoms with E-state index in [4.69, 9.17) is 18.4 Å². The maximum atomic E-state index is 12.3. The van der Waals surface area contributed by atoms with Gasteiger partial charge in [-0.2, -0.15) is 8.42 Å². The van der Waals surface area contributed by atoms with Crippen LogP contribution in [0.4, 0.5) is 0 Å². The molecule has 0 amide bonds. The van der Waals surface area contributed by atoms with Crippen LogP contribution in [0.3, 0.4) is 0 Å². The summed E-state index contributed by atoms with van der Waals surface area (Å²) >= 11 is 0. The van der Waals surface area contributed by atoms with E-state index in [1.165, 1.54) is 26.4 Å². The first-order valence-electron chi connectivity index (χ1n) is 8.08. The first-order valence-corrected chi connectivity index (χ1v) is 9.48. The Labute approximate surface area is 154 Å². The monoisotopic (exact) mass is 380 g/mol. The van der Waals surface area contributed by atoms with Crippen molar-refractivity contribution in [2.45, 2.75) is 24.0 Å². The Morgan fingerprint density at radius 1 is 0.885 bits per heavy atom. The van der Waals surface area contributed by atoms with Crippen LogP contribution in [0.25, 0.3) is 0 Å². The van der Waals surface area contributed by atoms with Crippen molar-refractivity contribution in [2.24, 2.45) is 0 Å². The summed E-state index contributed by atoms with van der Waals surface area (Å²) in [6, 6.07) is 13.7. The molecule has 0 fully saturated rings. The molecular weight excluding hydrogens is 356 g/mol. The summed E-state index contributed by atoms with van der Waals surface area (Å²) < 4.78 is 46.0. The molecule has 26 heavy (non-hydrogen) atoms. The van der Waals surface area contributed by atoms with Crippen LogP contribution in [-0.2, 0) is 29.6 Å². The second kappa shape index (κ2) is 8.64. The lowest BCUT2D eigenvalue weighted by Crippen LogP contribution is -2.32. The third-order valence-corrected chi connectivity index (χ3v) is 5.50. The highest BCUT2D eigenvalue weighted by molar-refractivity contribution is 7.86. The van der Waals surface area contributed by atoms with Crippen molar-refractivity contribution < 1.29 is 26.8 Å². The molecule has 0 aliphatic carbocycles. The lowest BCUT2D eigenvalue weighted by molar-refractivity contribution is -0.223. The fraction of sp³-hybridized carbons (Fsp3) is 0.368. The lowest BCUT2D eigenvalue weighted by atomic mass is 10.0. The SMILES string of the molecule is COc1ccc(C(CCOS(=O)(=O)c2ccc(C)cc2)(OC)OC)cc1. The van der Waals surface area contributed by atoms with Crippen LogP contribution in [0.5, 0.6) is 5.75 Å². The minimum absolute atomic E-state index is 0.0933. The normalized spacial score (nSPS) is 12.2. The third-order valence-electron chi connectivity index (χ3n) is 4.17. The van der Waals surface area contributed by atoms with Crippen LogP contribution in [0.15, 0.2) is 53.4 Å². The Bertz CT molecular complexity index is 793. The summed E-state index contributed by atoms with van der Waals surface area (Å²) in [5.41, 5.74) is 1.71. The number of benzene rings is 2. The Morgan fingerprint density at radius 2 is 1.46 bits per heavy atom. The molecule has 0 aliphatic heterocycles. The van der Waals surface area contributed by atoms with Gasteiger partial charge < -0.3 is 14.2 Å². The van der Waals surface area contributed by atoms with Crippen molar-refractivity contribution in [1.29, 1.82) is 0 Å². The van der Waals surface area contributed by atoms with Crippen LogP contribution in [0.2, 0.25) is 0 Å². The fourth-order valence-electron chi connectivity index (χ4n) is 2.57. The number of methoxy groups -OCH3 is 3. The average molecular weight is 380 g/mol. The quantitative estimate of drug-likeness (QED) is 0.491. The molecule has 7 heteroatoms. The highest BCUT2D eigenvalue weighted by Crippen LogP contribution is 2.31. The van der Waals surface area contributed by atoms with Gasteiger partial charge in [0.2, 0.25) is 0 Å². The van der Waals surface area contributed by atoms with Crippen LogP contribution >= 0.6 is 0 Å². The van der Waals surface area contributed by atoms with E-state index in [2.05, 4.69) is 0 Å². The molecule has 0 heterocycles. The maximum Gasteiger partial charge on any atom is 0.296 e. The van der Waals surface area contributed by atoms with Gasteiger partial charge in [-0.3, -0.25) is 4.18 Å². The standard InChI is InChI=1S/C19H24O6S/c1-15-5-11-18(12-6-15)26(20,21)25-14-13-19(23-3,24-4)16-7-9-17(22-2)10-8-16/h5-12H,13-14H2,1-4H3. The summed E-state index contributed by atoms with van der Waals surface area (Å²) in [4.78, 5) is 0.119. The van der Waals surface area contributed by atoms with Gasteiger partial charge in [0.05, 0.1) is 18.6 Å². The van der Waals surface area contributed by atoms with Crippen LogP contribution in [0.1, 0.15) is 17.5 Å². The Morgan fingerprint density at radius 3 is 1.96 bits per heavy atom. The highest BCUT2D eigenvalue weighted by Gasteiger charge is 2.33. The zero-order valence-electron chi connectivity index (χ0n) is 15.4.